The van der Waals surface area contributed by atoms with Crippen LogP contribution in [0.1, 0.15) is 39.0 Å². The summed E-state index contributed by atoms with van der Waals surface area (Å²) in [5.74, 6) is 0.0455. The predicted molar refractivity (Wildman–Crippen MR) is 103 cm³/mol. The zero-order chi connectivity index (χ0) is 16.2. The molecule has 25 heavy (non-hydrogen) atoms. The second-order valence-corrected chi connectivity index (χ2v) is 7.18. The van der Waals surface area contributed by atoms with Crippen molar-refractivity contribution in [2.75, 3.05) is 39.3 Å². The Bertz CT molecular complexity index is 446. The number of carbonyl (C=O) groups excluding carboxylic acids is 2. The van der Waals surface area contributed by atoms with Crippen LogP contribution in [0.3, 0.4) is 0 Å². The van der Waals surface area contributed by atoms with Crippen molar-refractivity contribution in [3.05, 3.63) is 0 Å². The van der Waals surface area contributed by atoms with Gasteiger partial charge in [0.1, 0.15) is 0 Å². The van der Waals surface area contributed by atoms with E-state index in [1.54, 1.807) is 0 Å². The first-order valence-electron chi connectivity index (χ1n) is 9.20. The SMILES string of the molecule is CCN1CCCC1CN1CC(C(=O)N[C@H]2CCCNC2)CC1=O.Cl.Cl. The highest BCUT2D eigenvalue weighted by atomic mass is 35.5. The molecular weight excluding hydrogens is 363 g/mol. The smallest absolute Gasteiger partial charge is 0.225 e. The molecule has 3 aliphatic heterocycles. The molecule has 0 aromatic rings. The maximum Gasteiger partial charge on any atom is 0.225 e. The Morgan fingerprint density at radius 2 is 2.08 bits per heavy atom. The normalized spacial score (nSPS) is 29.9. The highest BCUT2D eigenvalue weighted by Crippen LogP contribution is 2.23. The Kier molecular flexibility index (Phi) is 9.49. The van der Waals surface area contributed by atoms with Gasteiger partial charge in [-0.1, -0.05) is 6.92 Å². The van der Waals surface area contributed by atoms with Gasteiger partial charge in [0.05, 0.1) is 5.92 Å². The van der Waals surface area contributed by atoms with Crippen molar-refractivity contribution >= 4 is 36.6 Å². The van der Waals surface area contributed by atoms with Crippen LogP contribution in [0.5, 0.6) is 0 Å². The summed E-state index contributed by atoms with van der Waals surface area (Å²) >= 11 is 0. The van der Waals surface area contributed by atoms with Crippen LogP contribution in [-0.4, -0.2) is 73.0 Å². The van der Waals surface area contributed by atoms with Crippen LogP contribution < -0.4 is 10.6 Å². The van der Waals surface area contributed by atoms with Gasteiger partial charge in [-0.3, -0.25) is 14.5 Å². The van der Waals surface area contributed by atoms with Gasteiger partial charge in [0.25, 0.3) is 0 Å². The number of carbonyl (C=O) groups is 2. The fourth-order valence-electron chi connectivity index (χ4n) is 4.19. The summed E-state index contributed by atoms with van der Waals surface area (Å²) in [6, 6.07) is 0.708. The Morgan fingerprint density at radius 1 is 1.28 bits per heavy atom. The van der Waals surface area contributed by atoms with Crippen LogP contribution in [0.4, 0.5) is 0 Å². The molecule has 3 fully saturated rings. The highest BCUT2D eigenvalue weighted by Gasteiger charge is 2.37. The number of hydrogen-bond acceptors (Lipinski definition) is 4. The van der Waals surface area contributed by atoms with Gasteiger partial charge < -0.3 is 15.5 Å². The standard InChI is InChI=1S/C17H30N4O2.2ClH/c1-2-20-8-4-6-15(20)12-21-11-13(9-16(21)22)17(23)19-14-5-3-7-18-10-14;;/h13-15,18H,2-12H2,1H3,(H,19,23);2*1H/t13?,14-,15?;;/m0../s1. The van der Waals surface area contributed by atoms with E-state index >= 15 is 0 Å². The summed E-state index contributed by atoms with van der Waals surface area (Å²) in [7, 11) is 0. The molecule has 2 N–H and O–H groups in total. The zero-order valence-electron chi connectivity index (χ0n) is 15.0. The molecule has 0 bridgehead atoms. The lowest BCUT2D eigenvalue weighted by Crippen LogP contribution is -2.48. The number of nitrogens with one attached hydrogen (secondary N) is 2. The number of nitrogens with zero attached hydrogens (tertiary/aromatic N) is 2. The van der Waals surface area contributed by atoms with E-state index < -0.39 is 0 Å². The van der Waals surface area contributed by atoms with Gasteiger partial charge in [-0.15, -0.1) is 24.8 Å². The molecule has 2 unspecified atom stereocenters. The first-order chi connectivity index (χ1) is 11.2. The lowest BCUT2D eigenvalue weighted by molar-refractivity contribution is -0.129. The first-order valence-corrected chi connectivity index (χ1v) is 9.20. The zero-order valence-corrected chi connectivity index (χ0v) is 16.7. The fourth-order valence-corrected chi connectivity index (χ4v) is 4.19. The van der Waals surface area contributed by atoms with Crippen molar-refractivity contribution in [3.63, 3.8) is 0 Å². The Morgan fingerprint density at radius 3 is 2.76 bits per heavy atom. The van der Waals surface area contributed by atoms with Gasteiger partial charge in [0, 0.05) is 38.1 Å². The van der Waals surface area contributed by atoms with Crippen molar-refractivity contribution < 1.29 is 9.59 Å². The minimum atomic E-state index is -0.166. The molecule has 0 aliphatic carbocycles. The van der Waals surface area contributed by atoms with Crippen molar-refractivity contribution in [1.29, 1.82) is 0 Å². The summed E-state index contributed by atoms with van der Waals surface area (Å²) in [4.78, 5) is 29.1. The fraction of sp³-hybridized carbons (Fsp3) is 0.882. The number of rotatable bonds is 5. The summed E-state index contributed by atoms with van der Waals surface area (Å²) in [6.07, 6.45) is 4.91. The highest BCUT2D eigenvalue weighted by molar-refractivity contribution is 5.89. The lowest BCUT2D eigenvalue weighted by Gasteiger charge is -2.28. The van der Waals surface area contributed by atoms with Gasteiger partial charge >= 0.3 is 0 Å². The van der Waals surface area contributed by atoms with E-state index in [0.29, 0.717) is 19.0 Å². The van der Waals surface area contributed by atoms with Crippen LogP contribution in [0.2, 0.25) is 0 Å². The molecule has 3 saturated heterocycles. The third-order valence-corrected chi connectivity index (χ3v) is 5.56. The molecule has 0 saturated carbocycles. The van der Waals surface area contributed by atoms with Crippen LogP contribution >= 0.6 is 24.8 Å². The average molecular weight is 395 g/mol. The summed E-state index contributed by atoms with van der Waals surface area (Å²) < 4.78 is 0. The van der Waals surface area contributed by atoms with Gasteiger partial charge in [0.2, 0.25) is 11.8 Å². The number of likely N-dealkylation sites (tertiary alicyclic amines) is 2. The Balaban J connectivity index is 0.00000156. The molecule has 8 heteroatoms. The van der Waals surface area contributed by atoms with Gasteiger partial charge in [-0.05, 0) is 45.3 Å². The molecule has 3 aliphatic rings. The van der Waals surface area contributed by atoms with Crippen LogP contribution in [0, 0.1) is 5.92 Å². The number of likely N-dealkylation sites (N-methyl/N-ethyl adjacent to an activating group) is 1. The number of piperidine rings is 1. The van der Waals surface area contributed by atoms with Crippen LogP contribution in [0.25, 0.3) is 0 Å². The number of halogens is 2. The molecule has 0 radical (unpaired) electrons. The third-order valence-electron chi connectivity index (χ3n) is 5.56. The van der Waals surface area contributed by atoms with E-state index in [2.05, 4.69) is 22.5 Å². The number of amides is 2. The predicted octanol–water partition coefficient (Wildman–Crippen LogP) is 1.03. The van der Waals surface area contributed by atoms with Crippen LogP contribution in [0.15, 0.2) is 0 Å². The van der Waals surface area contributed by atoms with E-state index in [1.165, 1.54) is 12.8 Å². The van der Waals surface area contributed by atoms with Crippen molar-refractivity contribution in [2.45, 2.75) is 51.1 Å². The Labute approximate surface area is 163 Å². The van der Waals surface area contributed by atoms with Crippen molar-refractivity contribution in [1.82, 2.24) is 20.4 Å². The molecule has 3 heterocycles. The van der Waals surface area contributed by atoms with Gasteiger partial charge in [-0.25, -0.2) is 0 Å². The maximum absolute atomic E-state index is 12.4. The maximum atomic E-state index is 12.4. The molecule has 0 aromatic heterocycles. The van der Waals surface area contributed by atoms with Crippen molar-refractivity contribution in [2.24, 2.45) is 5.92 Å². The summed E-state index contributed by atoms with van der Waals surface area (Å²) in [5.41, 5.74) is 0. The quantitative estimate of drug-likeness (QED) is 0.730. The molecule has 2 amide bonds. The molecule has 0 spiro atoms. The minimum absolute atomic E-state index is 0. The second-order valence-electron chi connectivity index (χ2n) is 7.18. The van der Waals surface area contributed by atoms with Crippen molar-refractivity contribution in [3.8, 4) is 0 Å². The minimum Gasteiger partial charge on any atom is -0.352 e. The molecule has 0 aromatic carbocycles. The Hall–Kier alpha value is -0.560. The number of hydrogen-bond donors (Lipinski definition) is 2. The molecule has 3 atom stereocenters. The van der Waals surface area contributed by atoms with Gasteiger partial charge in [-0.2, -0.15) is 0 Å². The summed E-state index contributed by atoms with van der Waals surface area (Å²) in [5, 5.41) is 6.44. The van der Waals surface area contributed by atoms with E-state index in [4.69, 9.17) is 0 Å². The third kappa shape index (κ3) is 5.71. The molecular formula is C17H32Cl2N4O2. The first kappa shape index (κ1) is 22.5. The largest absolute Gasteiger partial charge is 0.352 e. The van der Waals surface area contributed by atoms with Crippen LogP contribution in [-0.2, 0) is 9.59 Å². The molecule has 146 valence electrons. The van der Waals surface area contributed by atoms with E-state index in [1.807, 2.05) is 4.90 Å². The summed E-state index contributed by atoms with van der Waals surface area (Å²) in [6.45, 7) is 7.65. The second kappa shape index (κ2) is 10.6. The molecule has 6 nitrogen and oxygen atoms in total. The average Bonchev–Trinajstić information content (AvgIpc) is 3.15. The topological polar surface area (TPSA) is 64.7 Å². The van der Waals surface area contributed by atoms with E-state index in [9.17, 15) is 9.59 Å². The van der Waals surface area contributed by atoms with E-state index in [0.717, 1.165) is 45.6 Å². The molecule has 3 rings (SSSR count). The monoisotopic (exact) mass is 394 g/mol. The van der Waals surface area contributed by atoms with E-state index in [-0.39, 0.29) is 48.6 Å². The van der Waals surface area contributed by atoms with Gasteiger partial charge in [0.15, 0.2) is 0 Å². The lowest BCUT2D eigenvalue weighted by atomic mass is 10.0.